The number of ether oxygens (including phenoxy) is 1. The number of carbonyl (C=O) groups excluding carboxylic acids is 1. The SMILES string of the molecule is Cc1ccnc(C2CN(C(=O)CCc3cccnc3)CCO2)n1. The van der Waals surface area contributed by atoms with Gasteiger partial charge in [0.15, 0.2) is 5.82 Å². The van der Waals surface area contributed by atoms with Crippen molar-refractivity contribution in [1.29, 1.82) is 0 Å². The molecule has 6 heteroatoms. The van der Waals surface area contributed by atoms with Crippen molar-refractivity contribution in [3.05, 3.63) is 53.9 Å². The molecule has 1 amide bonds. The van der Waals surface area contributed by atoms with Gasteiger partial charge in [0.05, 0.1) is 13.2 Å². The van der Waals surface area contributed by atoms with Crippen molar-refractivity contribution in [2.24, 2.45) is 0 Å². The first kappa shape index (κ1) is 15.6. The van der Waals surface area contributed by atoms with Gasteiger partial charge in [-0.25, -0.2) is 9.97 Å². The van der Waals surface area contributed by atoms with Gasteiger partial charge in [-0.15, -0.1) is 0 Å². The van der Waals surface area contributed by atoms with Gasteiger partial charge < -0.3 is 9.64 Å². The minimum atomic E-state index is -0.244. The van der Waals surface area contributed by atoms with Crippen molar-refractivity contribution in [2.75, 3.05) is 19.7 Å². The average molecular weight is 312 g/mol. The van der Waals surface area contributed by atoms with E-state index in [0.717, 1.165) is 11.3 Å². The Balaban J connectivity index is 1.58. The fourth-order valence-corrected chi connectivity index (χ4v) is 2.61. The molecule has 1 saturated heterocycles. The predicted octanol–water partition coefficient (Wildman–Crippen LogP) is 1.71. The van der Waals surface area contributed by atoms with Gasteiger partial charge in [0, 0.05) is 37.3 Å². The molecular weight excluding hydrogens is 292 g/mol. The zero-order valence-electron chi connectivity index (χ0n) is 13.2. The Morgan fingerprint density at radius 1 is 1.39 bits per heavy atom. The van der Waals surface area contributed by atoms with Crippen LogP contribution in [0.15, 0.2) is 36.8 Å². The summed E-state index contributed by atoms with van der Waals surface area (Å²) in [6.07, 6.45) is 6.20. The molecule has 0 aliphatic carbocycles. The summed E-state index contributed by atoms with van der Waals surface area (Å²) in [5, 5.41) is 0. The summed E-state index contributed by atoms with van der Waals surface area (Å²) in [7, 11) is 0. The molecule has 3 heterocycles. The highest BCUT2D eigenvalue weighted by molar-refractivity contribution is 5.76. The van der Waals surface area contributed by atoms with Crippen LogP contribution >= 0.6 is 0 Å². The summed E-state index contributed by atoms with van der Waals surface area (Å²) in [4.78, 5) is 27.0. The lowest BCUT2D eigenvalue weighted by molar-refractivity contribution is -0.139. The smallest absolute Gasteiger partial charge is 0.223 e. The zero-order valence-corrected chi connectivity index (χ0v) is 13.2. The zero-order chi connectivity index (χ0) is 16.1. The average Bonchev–Trinajstić information content (AvgIpc) is 2.61. The molecule has 1 unspecified atom stereocenters. The number of pyridine rings is 1. The fraction of sp³-hybridized carbons (Fsp3) is 0.412. The second kappa shape index (κ2) is 7.28. The molecular formula is C17H20N4O2. The van der Waals surface area contributed by atoms with Crippen LogP contribution in [0.2, 0.25) is 0 Å². The lowest BCUT2D eigenvalue weighted by Crippen LogP contribution is -2.42. The Morgan fingerprint density at radius 2 is 2.30 bits per heavy atom. The minimum absolute atomic E-state index is 0.134. The lowest BCUT2D eigenvalue weighted by atomic mass is 10.1. The van der Waals surface area contributed by atoms with Crippen molar-refractivity contribution in [3.63, 3.8) is 0 Å². The summed E-state index contributed by atoms with van der Waals surface area (Å²) in [5.74, 6) is 0.782. The Kier molecular flexibility index (Phi) is 4.92. The standard InChI is InChI=1S/C17H20N4O2/c1-13-6-8-19-17(20-13)15-12-21(9-10-23-15)16(22)5-4-14-3-2-7-18-11-14/h2-3,6-8,11,15H,4-5,9-10,12H2,1H3. The molecule has 120 valence electrons. The predicted molar refractivity (Wildman–Crippen MR) is 84.6 cm³/mol. The number of aromatic nitrogens is 3. The highest BCUT2D eigenvalue weighted by Gasteiger charge is 2.26. The molecule has 0 radical (unpaired) electrons. The third kappa shape index (κ3) is 4.10. The van der Waals surface area contributed by atoms with Gasteiger partial charge in [-0.2, -0.15) is 0 Å². The second-order valence-corrected chi connectivity index (χ2v) is 5.62. The van der Waals surface area contributed by atoms with Crippen LogP contribution in [0.25, 0.3) is 0 Å². The number of morpholine rings is 1. The largest absolute Gasteiger partial charge is 0.367 e. The molecule has 3 rings (SSSR count). The summed E-state index contributed by atoms with van der Waals surface area (Å²) in [5.41, 5.74) is 1.98. The maximum atomic E-state index is 12.4. The quantitative estimate of drug-likeness (QED) is 0.860. The van der Waals surface area contributed by atoms with Crippen molar-refractivity contribution < 1.29 is 9.53 Å². The Morgan fingerprint density at radius 3 is 3.09 bits per heavy atom. The van der Waals surface area contributed by atoms with E-state index >= 15 is 0 Å². The molecule has 1 fully saturated rings. The molecule has 1 aliphatic heterocycles. The van der Waals surface area contributed by atoms with Gasteiger partial charge in [-0.05, 0) is 31.0 Å². The first-order valence-corrected chi connectivity index (χ1v) is 7.80. The van der Waals surface area contributed by atoms with Gasteiger partial charge in [0.25, 0.3) is 0 Å². The molecule has 0 aromatic carbocycles. The number of aryl methyl sites for hydroxylation is 2. The van der Waals surface area contributed by atoms with E-state index < -0.39 is 0 Å². The number of hydrogen-bond acceptors (Lipinski definition) is 5. The molecule has 2 aromatic rings. The first-order valence-electron chi connectivity index (χ1n) is 7.80. The van der Waals surface area contributed by atoms with Gasteiger partial charge in [-0.3, -0.25) is 9.78 Å². The molecule has 2 aromatic heterocycles. The van der Waals surface area contributed by atoms with E-state index in [1.807, 2.05) is 30.0 Å². The number of carbonyl (C=O) groups is 1. The van der Waals surface area contributed by atoms with Crippen molar-refractivity contribution in [3.8, 4) is 0 Å². The molecule has 6 nitrogen and oxygen atoms in total. The van der Waals surface area contributed by atoms with Crippen LogP contribution in [0.5, 0.6) is 0 Å². The molecule has 0 N–H and O–H groups in total. The summed E-state index contributed by atoms with van der Waals surface area (Å²) < 4.78 is 5.73. The van der Waals surface area contributed by atoms with Gasteiger partial charge in [-0.1, -0.05) is 6.07 Å². The number of rotatable bonds is 4. The van der Waals surface area contributed by atoms with Crippen LogP contribution < -0.4 is 0 Å². The van der Waals surface area contributed by atoms with Crippen LogP contribution in [-0.2, 0) is 16.0 Å². The summed E-state index contributed by atoms with van der Waals surface area (Å²) in [6.45, 7) is 3.56. The van der Waals surface area contributed by atoms with E-state index in [4.69, 9.17) is 4.74 Å². The lowest BCUT2D eigenvalue weighted by Gasteiger charge is -2.32. The molecule has 23 heavy (non-hydrogen) atoms. The van der Waals surface area contributed by atoms with Crippen molar-refractivity contribution in [1.82, 2.24) is 19.9 Å². The Labute approximate surface area is 135 Å². The maximum Gasteiger partial charge on any atom is 0.223 e. The van der Waals surface area contributed by atoms with E-state index in [2.05, 4.69) is 15.0 Å². The fourth-order valence-electron chi connectivity index (χ4n) is 2.61. The molecule has 0 saturated carbocycles. The summed E-state index contributed by atoms with van der Waals surface area (Å²) in [6, 6.07) is 5.73. The highest BCUT2D eigenvalue weighted by atomic mass is 16.5. The van der Waals surface area contributed by atoms with Crippen LogP contribution in [0.4, 0.5) is 0 Å². The van der Waals surface area contributed by atoms with E-state index in [1.165, 1.54) is 0 Å². The Bertz CT molecular complexity index is 663. The Hall–Kier alpha value is -2.34. The van der Waals surface area contributed by atoms with E-state index in [-0.39, 0.29) is 12.0 Å². The monoisotopic (exact) mass is 312 g/mol. The highest BCUT2D eigenvalue weighted by Crippen LogP contribution is 2.20. The topological polar surface area (TPSA) is 68.2 Å². The van der Waals surface area contributed by atoms with Crippen molar-refractivity contribution in [2.45, 2.75) is 25.9 Å². The van der Waals surface area contributed by atoms with E-state index in [0.29, 0.717) is 38.4 Å². The van der Waals surface area contributed by atoms with Crippen LogP contribution in [0.3, 0.4) is 0 Å². The van der Waals surface area contributed by atoms with Crippen LogP contribution in [0, 0.1) is 6.92 Å². The van der Waals surface area contributed by atoms with Crippen molar-refractivity contribution >= 4 is 5.91 Å². The van der Waals surface area contributed by atoms with Gasteiger partial charge >= 0.3 is 0 Å². The molecule has 0 spiro atoms. The van der Waals surface area contributed by atoms with E-state index in [9.17, 15) is 4.79 Å². The van der Waals surface area contributed by atoms with Gasteiger partial charge in [0.1, 0.15) is 6.10 Å². The second-order valence-electron chi connectivity index (χ2n) is 5.62. The van der Waals surface area contributed by atoms with E-state index in [1.54, 1.807) is 18.6 Å². The third-order valence-electron chi connectivity index (χ3n) is 3.87. The van der Waals surface area contributed by atoms with Crippen LogP contribution in [-0.4, -0.2) is 45.5 Å². The van der Waals surface area contributed by atoms with Gasteiger partial charge in [0.2, 0.25) is 5.91 Å². The van der Waals surface area contributed by atoms with Crippen LogP contribution in [0.1, 0.15) is 29.6 Å². The maximum absolute atomic E-state index is 12.4. The molecule has 1 aliphatic rings. The number of nitrogens with zero attached hydrogens (tertiary/aromatic N) is 4. The number of hydrogen-bond donors (Lipinski definition) is 0. The summed E-state index contributed by atoms with van der Waals surface area (Å²) >= 11 is 0. The third-order valence-corrected chi connectivity index (χ3v) is 3.87. The normalized spacial score (nSPS) is 18.0. The number of amides is 1. The first-order chi connectivity index (χ1) is 11.2. The molecule has 1 atom stereocenters. The minimum Gasteiger partial charge on any atom is -0.367 e. The molecule has 0 bridgehead atoms.